The predicted octanol–water partition coefficient (Wildman–Crippen LogP) is 4.10. The van der Waals surface area contributed by atoms with Crippen molar-refractivity contribution in [3.05, 3.63) is 69.1 Å². The number of sulfonamides is 1. The van der Waals surface area contributed by atoms with Gasteiger partial charge >= 0.3 is 0 Å². The van der Waals surface area contributed by atoms with E-state index in [0.717, 1.165) is 5.56 Å². The molecular formula is C21H27BrN2O3S. The molecule has 0 aromatic heterocycles. The van der Waals surface area contributed by atoms with E-state index in [1.807, 2.05) is 51.1 Å². The van der Waals surface area contributed by atoms with E-state index in [9.17, 15) is 13.2 Å². The number of benzene rings is 1. The fourth-order valence-corrected chi connectivity index (χ4v) is 4.79. The molecule has 0 radical (unpaired) electrons. The van der Waals surface area contributed by atoms with Crippen LogP contribution in [0, 0.1) is 5.41 Å². The number of allylic oxidation sites excluding steroid dienone is 4. The fraction of sp³-hybridized carbons (Fsp3) is 0.381. The van der Waals surface area contributed by atoms with Gasteiger partial charge in [-0.2, -0.15) is 4.31 Å². The highest BCUT2D eigenvalue weighted by molar-refractivity contribution is 9.12. The Morgan fingerprint density at radius 1 is 1.18 bits per heavy atom. The maximum atomic E-state index is 13.1. The minimum atomic E-state index is -3.68. The molecule has 0 saturated carbocycles. The van der Waals surface area contributed by atoms with Gasteiger partial charge < -0.3 is 5.32 Å². The summed E-state index contributed by atoms with van der Waals surface area (Å²) >= 11 is 3.36. The summed E-state index contributed by atoms with van der Waals surface area (Å²) in [6, 6.07) is 9.43. The highest BCUT2D eigenvalue weighted by Crippen LogP contribution is 2.29. The molecule has 152 valence electrons. The zero-order valence-corrected chi connectivity index (χ0v) is 19.1. The maximum absolute atomic E-state index is 13.1. The van der Waals surface area contributed by atoms with Gasteiger partial charge in [0.25, 0.3) is 5.91 Å². The fourth-order valence-electron chi connectivity index (χ4n) is 2.58. The Morgan fingerprint density at radius 3 is 2.43 bits per heavy atom. The van der Waals surface area contributed by atoms with Gasteiger partial charge in [-0.05, 0) is 39.1 Å². The van der Waals surface area contributed by atoms with Crippen LogP contribution >= 0.6 is 15.9 Å². The third-order valence-corrected chi connectivity index (χ3v) is 7.16. The van der Waals surface area contributed by atoms with Crippen LogP contribution in [0.2, 0.25) is 0 Å². The van der Waals surface area contributed by atoms with Crippen LogP contribution in [-0.2, 0) is 21.4 Å². The van der Waals surface area contributed by atoms with Crippen LogP contribution in [0.25, 0.3) is 0 Å². The normalized spacial score (nSPS) is 15.4. The smallest absolute Gasteiger partial charge is 0.250 e. The molecule has 0 spiro atoms. The van der Waals surface area contributed by atoms with E-state index in [1.165, 1.54) is 4.31 Å². The Bertz CT molecular complexity index is 911. The Labute approximate surface area is 176 Å². The first-order chi connectivity index (χ1) is 13.0. The molecule has 0 atom stereocenters. The van der Waals surface area contributed by atoms with Crippen LogP contribution < -0.4 is 5.32 Å². The molecule has 0 bridgehead atoms. The Balaban J connectivity index is 2.16. The molecule has 1 aromatic rings. The first-order valence-corrected chi connectivity index (χ1v) is 11.3. The van der Waals surface area contributed by atoms with E-state index in [1.54, 1.807) is 25.3 Å². The minimum Gasteiger partial charge on any atom is -0.352 e. The van der Waals surface area contributed by atoms with E-state index >= 15 is 0 Å². The van der Waals surface area contributed by atoms with E-state index in [2.05, 4.69) is 21.2 Å². The first kappa shape index (κ1) is 22.6. The van der Waals surface area contributed by atoms with Crippen LogP contribution in [-0.4, -0.2) is 32.2 Å². The van der Waals surface area contributed by atoms with Gasteiger partial charge in [-0.3, -0.25) is 4.79 Å². The van der Waals surface area contributed by atoms with Crippen molar-refractivity contribution in [2.45, 2.75) is 33.7 Å². The zero-order valence-electron chi connectivity index (χ0n) is 16.7. The molecule has 1 aliphatic carbocycles. The third kappa shape index (κ3) is 6.15. The number of rotatable bonds is 6. The number of hydrogen-bond acceptors (Lipinski definition) is 3. The highest BCUT2D eigenvalue weighted by atomic mass is 79.9. The van der Waals surface area contributed by atoms with Gasteiger partial charge in [0.05, 0.1) is 4.91 Å². The van der Waals surface area contributed by atoms with Crippen LogP contribution in [0.1, 0.15) is 32.8 Å². The lowest BCUT2D eigenvalue weighted by atomic mass is 9.97. The largest absolute Gasteiger partial charge is 0.352 e. The van der Waals surface area contributed by atoms with Crippen molar-refractivity contribution in [3.63, 3.8) is 0 Å². The number of amides is 1. The predicted molar refractivity (Wildman–Crippen MR) is 117 cm³/mol. The lowest BCUT2D eigenvalue weighted by Crippen LogP contribution is -2.32. The molecule has 1 aromatic carbocycles. The number of nitrogens with zero attached hydrogens (tertiary/aromatic N) is 1. The number of nitrogens with one attached hydrogen (secondary N) is 1. The van der Waals surface area contributed by atoms with Gasteiger partial charge in [0.1, 0.15) is 0 Å². The molecule has 0 unspecified atom stereocenters. The van der Waals surface area contributed by atoms with Crippen molar-refractivity contribution in [3.8, 4) is 0 Å². The van der Waals surface area contributed by atoms with Crippen molar-refractivity contribution < 1.29 is 13.2 Å². The lowest BCUT2D eigenvalue weighted by Gasteiger charge is -2.19. The van der Waals surface area contributed by atoms with Crippen molar-refractivity contribution in [1.29, 1.82) is 0 Å². The Morgan fingerprint density at radius 2 is 1.82 bits per heavy atom. The number of hydrogen-bond donors (Lipinski definition) is 1. The average molecular weight is 467 g/mol. The summed E-state index contributed by atoms with van der Waals surface area (Å²) in [5.74, 6) is -0.206. The second kappa shape index (κ2) is 9.20. The molecule has 0 saturated heterocycles. The van der Waals surface area contributed by atoms with Gasteiger partial charge in [-0.25, -0.2) is 8.42 Å². The number of carbonyl (C=O) groups excluding carboxylic acids is 1. The first-order valence-electron chi connectivity index (χ1n) is 9.06. The van der Waals surface area contributed by atoms with Gasteiger partial charge in [0.2, 0.25) is 10.0 Å². The van der Waals surface area contributed by atoms with Crippen LogP contribution in [0.5, 0.6) is 0 Å². The summed E-state index contributed by atoms with van der Waals surface area (Å²) in [5, 5.41) is 2.89. The molecule has 0 aliphatic heterocycles. The molecular weight excluding hydrogens is 440 g/mol. The molecule has 7 heteroatoms. The number of halogens is 1. The molecule has 0 heterocycles. The molecule has 1 N–H and O–H groups in total. The Kier molecular flexibility index (Phi) is 7.42. The second-order valence-corrected chi connectivity index (χ2v) is 10.9. The molecule has 1 amide bonds. The van der Waals surface area contributed by atoms with Gasteiger partial charge in [0.15, 0.2) is 0 Å². The summed E-state index contributed by atoms with van der Waals surface area (Å²) in [6.07, 6.45) is 5.07. The zero-order chi connectivity index (χ0) is 20.9. The standard InChI is InChI=1S/C21H27BrN2O3S/c1-21(2,3)15-23-20(25)17-10-12-18(22)19(13-11-17)28(26,27)24(4)14-16-8-6-5-7-9-16/h5-12H,13-15H2,1-4H3,(H,23,25). The van der Waals surface area contributed by atoms with Gasteiger partial charge in [-0.15, -0.1) is 0 Å². The van der Waals surface area contributed by atoms with Crippen molar-refractivity contribution >= 4 is 31.9 Å². The molecule has 2 rings (SSSR count). The summed E-state index contributed by atoms with van der Waals surface area (Å²) in [5.41, 5.74) is 1.34. The van der Waals surface area contributed by atoms with Crippen LogP contribution in [0.3, 0.4) is 0 Å². The lowest BCUT2D eigenvalue weighted by molar-refractivity contribution is -0.117. The molecule has 5 nitrogen and oxygen atoms in total. The molecule has 0 fully saturated rings. The van der Waals surface area contributed by atoms with Crippen molar-refractivity contribution in [2.24, 2.45) is 5.41 Å². The van der Waals surface area contributed by atoms with Crippen LogP contribution in [0.4, 0.5) is 0 Å². The van der Waals surface area contributed by atoms with Crippen molar-refractivity contribution in [1.82, 2.24) is 9.62 Å². The molecule has 28 heavy (non-hydrogen) atoms. The van der Waals surface area contributed by atoms with Gasteiger partial charge in [0, 0.05) is 36.6 Å². The van der Waals surface area contributed by atoms with E-state index in [-0.39, 0.29) is 29.2 Å². The molecule has 1 aliphatic rings. The van der Waals surface area contributed by atoms with Crippen LogP contribution in [0.15, 0.2) is 63.5 Å². The quantitative estimate of drug-likeness (QED) is 0.685. The van der Waals surface area contributed by atoms with E-state index in [0.29, 0.717) is 16.6 Å². The third-order valence-electron chi connectivity index (χ3n) is 4.19. The highest BCUT2D eigenvalue weighted by Gasteiger charge is 2.26. The van der Waals surface area contributed by atoms with Gasteiger partial charge in [-0.1, -0.05) is 57.2 Å². The summed E-state index contributed by atoms with van der Waals surface area (Å²) in [7, 11) is -2.12. The number of carbonyl (C=O) groups is 1. The minimum absolute atomic E-state index is 0.0296. The average Bonchev–Trinajstić information content (AvgIpc) is 2.82. The topological polar surface area (TPSA) is 66.5 Å². The Hall–Kier alpha value is -1.70. The summed E-state index contributed by atoms with van der Waals surface area (Å²) < 4.78 is 27.9. The summed E-state index contributed by atoms with van der Waals surface area (Å²) in [6.45, 7) is 6.93. The van der Waals surface area contributed by atoms with E-state index in [4.69, 9.17) is 0 Å². The van der Waals surface area contributed by atoms with E-state index < -0.39 is 10.0 Å². The monoisotopic (exact) mass is 466 g/mol. The van der Waals surface area contributed by atoms with Crippen molar-refractivity contribution in [2.75, 3.05) is 13.6 Å². The second-order valence-electron chi connectivity index (χ2n) is 7.96. The maximum Gasteiger partial charge on any atom is 0.250 e. The SMILES string of the molecule is CN(Cc1ccccc1)S(=O)(=O)C1=C(Br)C=CC(C(=O)NCC(C)(C)C)=CC1. The summed E-state index contributed by atoms with van der Waals surface area (Å²) in [4.78, 5) is 12.6.